The van der Waals surface area contributed by atoms with Crippen LogP contribution in [0.15, 0.2) is 237 Å². The van der Waals surface area contributed by atoms with E-state index < -0.39 is 5.41 Å². The number of nitrogens with zero attached hydrogens (tertiary/aromatic N) is 1. The average Bonchev–Trinajstić information content (AvgIpc) is 3.58. The van der Waals surface area contributed by atoms with Crippen molar-refractivity contribution in [2.75, 3.05) is 4.90 Å². The van der Waals surface area contributed by atoms with Crippen molar-refractivity contribution in [1.82, 2.24) is 0 Å². The van der Waals surface area contributed by atoms with Crippen LogP contribution in [0.5, 0.6) is 0 Å². The molecule has 56 heavy (non-hydrogen) atoms. The fourth-order valence-electron chi connectivity index (χ4n) is 8.78. The monoisotopic (exact) mass is 713 g/mol. The van der Waals surface area contributed by atoms with Crippen molar-refractivity contribution in [3.63, 3.8) is 0 Å². The summed E-state index contributed by atoms with van der Waals surface area (Å²) < 4.78 is 0. The molecule has 1 aliphatic carbocycles. The molecule has 0 aromatic heterocycles. The highest BCUT2D eigenvalue weighted by atomic mass is 15.1. The second-order valence-corrected chi connectivity index (χ2v) is 14.5. The predicted molar refractivity (Wildman–Crippen MR) is 235 cm³/mol. The lowest BCUT2D eigenvalue weighted by Crippen LogP contribution is -2.28. The van der Waals surface area contributed by atoms with Gasteiger partial charge in [-0.15, -0.1) is 0 Å². The van der Waals surface area contributed by atoms with Crippen LogP contribution in [0.1, 0.15) is 22.3 Å². The Bertz CT molecular complexity index is 2730. The van der Waals surface area contributed by atoms with Crippen LogP contribution in [0.25, 0.3) is 44.5 Å². The zero-order valence-electron chi connectivity index (χ0n) is 31.0. The van der Waals surface area contributed by atoms with Gasteiger partial charge in [0.2, 0.25) is 0 Å². The third-order valence-electron chi connectivity index (χ3n) is 11.3. The van der Waals surface area contributed by atoms with Crippen LogP contribution in [0.2, 0.25) is 0 Å². The number of hydrogen-bond acceptors (Lipinski definition) is 1. The normalized spacial score (nSPS) is 12.4. The molecule has 0 atom stereocenters. The van der Waals surface area contributed by atoms with E-state index in [9.17, 15) is 0 Å². The van der Waals surface area contributed by atoms with Crippen molar-refractivity contribution in [1.29, 1.82) is 0 Å². The lowest BCUT2D eigenvalue weighted by atomic mass is 9.67. The lowest BCUT2D eigenvalue weighted by Gasteiger charge is -2.35. The molecule has 0 saturated carbocycles. The molecule has 0 spiro atoms. The smallest absolute Gasteiger partial charge is 0.0714 e. The van der Waals surface area contributed by atoms with Crippen LogP contribution < -0.4 is 4.90 Å². The van der Waals surface area contributed by atoms with Gasteiger partial charge in [-0.05, 0) is 103 Å². The summed E-state index contributed by atoms with van der Waals surface area (Å²) in [5, 5.41) is 0. The summed E-state index contributed by atoms with van der Waals surface area (Å²) >= 11 is 0. The molecule has 0 amide bonds. The first-order valence-corrected chi connectivity index (χ1v) is 19.3. The van der Waals surface area contributed by atoms with Gasteiger partial charge in [0.15, 0.2) is 0 Å². The van der Waals surface area contributed by atoms with Crippen molar-refractivity contribution < 1.29 is 0 Å². The Balaban J connectivity index is 1.18. The molecule has 1 nitrogen and oxygen atoms in total. The fraction of sp³-hybridized carbons (Fsp3) is 0.0182. The van der Waals surface area contributed by atoms with Gasteiger partial charge in [0.1, 0.15) is 0 Å². The highest BCUT2D eigenvalue weighted by Gasteiger charge is 2.46. The number of hydrogen-bond donors (Lipinski definition) is 0. The molecule has 1 aliphatic rings. The van der Waals surface area contributed by atoms with Crippen molar-refractivity contribution in [3.05, 3.63) is 259 Å². The molecule has 0 bridgehead atoms. The molecule has 0 aliphatic heterocycles. The van der Waals surface area contributed by atoms with Gasteiger partial charge in [-0.3, -0.25) is 0 Å². The topological polar surface area (TPSA) is 3.24 Å². The van der Waals surface area contributed by atoms with E-state index in [0.29, 0.717) is 0 Å². The summed E-state index contributed by atoms with van der Waals surface area (Å²) in [6.07, 6.45) is 0. The van der Waals surface area contributed by atoms with Crippen LogP contribution in [0.3, 0.4) is 0 Å². The van der Waals surface area contributed by atoms with Gasteiger partial charge in [0.25, 0.3) is 0 Å². The van der Waals surface area contributed by atoms with Gasteiger partial charge in [-0.1, -0.05) is 200 Å². The molecule has 9 aromatic rings. The van der Waals surface area contributed by atoms with Crippen molar-refractivity contribution in [2.45, 2.75) is 5.41 Å². The third-order valence-corrected chi connectivity index (χ3v) is 11.3. The summed E-state index contributed by atoms with van der Waals surface area (Å²) in [7, 11) is 0. The van der Waals surface area contributed by atoms with E-state index in [0.717, 1.165) is 17.1 Å². The molecule has 0 saturated heterocycles. The number of benzene rings is 9. The highest BCUT2D eigenvalue weighted by molar-refractivity contribution is 5.90. The maximum atomic E-state index is 2.45. The second kappa shape index (κ2) is 14.2. The van der Waals surface area contributed by atoms with Gasteiger partial charge in [0, 0.05) is 17.1 Å². The fourth-order valence-corrected chi connectivity index (χ4v) is 8.78. The van der Waals surface area contributed by atoms with Gasteiger partial charge in [0.05, 0.1) is 5.41 Å². The summed E-state index contributed by atoms with van der Waals surface area (Å²) in [6, 6.07) is 86.2. The molecule has 0 N–H and O–H groups in total. The van der Waals surface area contributed by atoms with E-state index in [-0.39, 0.29) is 0 Å². The van der Waals surface area contributed by atoms with Crippen LogP contribution >= 0.6 is 0 Å². The lowest BCUT2D eigenvalue weighted by molar-refractivity contribution is 0.768. The van der Waals surface area contributed by atoms with E-state index in [2.05, 4.69) is 241 Å². The van der Waals surface area contributed by atoms with Crippen molar-refractivity contribution in [2.24, 2.45) is 0 Å². The first-order chi connectivity index (χ1) is 27.8. The molecule has 264 valence electrons. The van der Waals surface area contributed by atoms with Gasteiger partial charge in [-0.2, -0.15) is 0 Å². The van der Waals surface area contributed by atoms with E-state index in [1.54, 1.807) is 0 Å². The Kier molecular flexibility index (Phi) is 8.46. The van der Waals surface area contributed by atoms with Crippen molar-refractivity contribution in [3.8, 4) is 44.5 Å². The minimum atomic E-state index is -0.496. The largest absolute Gasteiger partial charge is 0.310 e. The van der Waals surface area contributed by atoms with E-state index in [4.69, 9.17) is 0 Å². The first-order valence-electron chi connectivity index (χ1n) is 19.3. The Labute approximate surface area is 329 Å². The van der Waals surface area contributed by atoms with E-state index in [1.807, 2.05) is 0 Å². The molecule has 9 aromatic carbocycles. The van der Waals surface area contributed by atoms with Crippen LogP contribution in [0, 0.1) is 0 Å². The van der Waals surface area contributed by atoms with E-state index in [1.165, 1.54) is 66.8 Å². The van der Waals surface area contributed by atoms with Crippen LogP contribution in [-0.2, 0) is 5.41 Å². The summed E-state index contributed by atoms with van der Waals surface area (Å²) in [4.78, 5) is 2.43. The van der Waals surface area contributed by atoms with Gasteiger partial charge in [-0.25, -0.2) is 0 Å². The number of rotatable bonds is 8. The Morgan fingerprint density at radius 2 is 0.643 bits per heavy atom. The predicted octanol–water partition coefficient (Wildman–Crippen LogP) is 14.5. The van der Waals surface area contributed by atoms with Gasteiger partial charge >= 0.3 is 0 Å². The zero-order chi connectivity index (χ0) is 37.3. The average molecular weight is 714 g/mol. The maximum Gasteiger partial charge on any atom is 0.0714 e. The van der Waals surface area contributed by atoms with Crippen LogP contribution in [0.4, 0.5) is 17.1 Å². The second-order valence-electron chi connectivity index (χ2n) is 14.5. The Morgan fingerprint density at radius 1 is 0.250 bits per heavy atom. The summed E-state index contributed by atoms with van der Waals surface area (Å²) in [5.41, 5.74) is 17.6. The maximum absolute atomic E-state index is 2.45. The quantitative estimate of drug-likeness (QED) is 0.152. The zero-order valence-corrected chi connectivity index (χ0v) is 31.0. The third kappa shape index (κ3) is 5.73. The molecule has 0 radical (unpaired) electrons. The summed E-state index contributed by atoms with van der Waals surface area (Å²) in [5.74, 6) is 0. The minimum absolute atomic E-state index is 0.496. The molecular weight excluding hydrogens is 675 g/mol. The Hall–Kier alpha value is -7.22. The van der Waals surface area contributed by atoms with E-state index >= 15 is 0 Å². The SMILES string of the molecule is c1ccc(-c2ccc(-c3cccc(N(c4cccc(-c5ccccc5)c4)c4ccc5c(c4)C(c4ccccc4)(c4ccccc4)c4ccccc4-5)c3)cc2)cc1. The summed E-state index contributed by atoms with van der Waals surface area (Å²) in [6.45, 7) is 0. The van der Waals surface area contributed by atoms with Crippen molar-refractivity contribution >= 4 is 17.1 Å². The highest BCUT2D eigenvalue weighted by Crippen LogP contribution is 2.57. The Morgan fingerprint density at radius 3 is 1.20 bits per heavy atom. The number of anilines is 3. The minimum Gasteiger partial charge on any atom is -0.310 e. The standard InChI is InChI=1S/C55H39N/c1-5-17-40(18-6-1)42-31-33-43(34-32-42)45-22-16-28-49(38-45)56(48-27-15-21-44(37-48)41-19-7-2-8-20-41)50-35-36-52-51-29-13-14-30-53(51)55(54(52)39-50,46-23-9-3-10-24-46)47-25-11-4-12-26-47/h1-39H. The molecule has 1 heteroatoms. The molecule has 10 rings (SSSR count). The molecular formula is C55H39N. The van der Waals surface area contributed by atoms with Crippen LogP contribution in [-0.4, -0.2) is 0 Å². The number of fused-ring (bicyclic) bond motifs is 3. The van der Waals surface area contributed by atoms with Gasteiger partial charge < -0.3 is 4.90 Å². The molecule has 0 unspecified atom stereocenters. The molecule has 0 fully saturated rings. The first kappa shape index (κ1) is 33.4. The molecule has 0 heterocycles.